The summed E-state index contributed by atoms with van der Waals surface area (Å²) in [7, 11) is 0. The Balaban J connectivity index is -0.000000310. The van der Waals surface area contributed by atoms with E-state index in [1.807, 2.05) is 107 Å². The second kappa shape index (κ2) is 33.5. The lowest BCUT2D eigenvalue weighted by Gasteiger charge is -2.36. The highest BCUT2D eigenvalue weighted by molar-refractivity contribution is 6.31. The highest BCUT2D eigenvalue weighted by Crippen LogP contribution is 2.44. The maximum Gasteiger partial charge on any atom is 0.307 e. The Hall–Kier alpha value is -4.01. The maximum absolute atomic E-state index is 13.2. The molecular weight excluding hydrogens is 836 g/mol. The number of ketones is 1. The highest BCUT2D eigenvalue weighted by Gasteiger charge is 2.42. The lowest BCUT2D eigenvalue weighted by Crippen LogP contribution is -2.36. The summed E-state index contributed by atoms with van der Waals surface area (Å²) < 4.78 is 21.9. The van der Waals surface area contributed by atoms with Crippen molar-refractivity contribution < 1.29 is 38.1 Å². The molecule has 0 saturated carbocycles. The molecule has 0 N–H and O–H groups in total. The smallest absolute Gasteiger partial charge is 0.307 e. The van der Waals surface area contributed by atoms with Gasteiger partial charge in [0.15, 0.2) is 5.60 Å². The summed E-state index contributed by atoms with van der Waals surface area (Å²) in [6, 6.07) is 24.6. The van der Waals surface area contributed by atoms with Crippen LogP contribution in [0.1, 0.15) is 207 Å². The molecule has 0 aromatic heterocycles. The molecule has 0 spiro atoms. The molecule has 0 amide bonds. The van der Waals surface area contributed by atoms with E-state index in [1.54, 1.807) is 33.8 Å². The zero-order chi connectivity index (χ0) is 47.1. The second-order valence-corrected chi connectivity index (χ2v) is 19.5. The molecule has 65 heavy (non-hydrogen) atoms. The summed E-state index contributed by atoms with van der Waals surface area (Å²) in [5.41, 5.74) is 1.50. The van der Waals surface area contributed by atoms with Crippen molar-refractivity contribution in [2.24, 2.45) is 5.41 Å². The van der Waals surface area contributed by atoms with E-state index in [0.29, 0.717) is 28.8 Å². The van der Waals surface area contributed by atoms with E-state index in [4.69, 9.17) is 30.5 Å². The number of Topliss-reactive ketones (excluding diaryl/α,β-unsaturated/α-hetero) is 1. The van der Waals surface area contributed by atoms with Gasteiger partial charge in [0.1, 0.15) is 17.0 Å². The maximum atomic E-state index is 13.2. The molecule has 0 aliphatic rings. The minimum absolute atomic E-state index is 0. The average Bonchev–Trinajstić information content (AvgIpc) is 3.14. The number of carbonyl (C=O) groups excluding carboxylic acids is 4. The van der Waals surface area contributed by atoms with E-state index in [2.05, 4.69) is 48.5 Å². The van der Waals surface area contributed by atoms with Crippen LogP contribution in [0.3, 0.4) is 0 Å². The molecule has 374 valence electrons. The Morgan fingerprint density at radius 3 is 1.29 bits per heavy atom. The minimum Gasteiger partial charge on any atom is -0.460 e. The topological polar surface area (TPSA) is 105 Å². The summed E-state index contributed by atoms with van der Waals surface area (Å²) in [6.07, 6.45) is 4.87. The van der Waals surface area contributed by atoms with E-state index in [0.717, 1.165) is 23.3 Å². The molecule has 0 aliphatic carbocycles. The minimum atomic E-state index is -1.28. The first-order valence-corrected chi connectivity index (χ1v) is 22.2. The predicted molar refractivity (Wildman–Crippen MR) is 278 cm³/mol. The first kappa shape index (κ1) is 70.0. The van der Waals surface area contributed by atoms with Gasteiger partial charge in [-0.3, -0.25) is 19.2 Å². The second-order valence-electron chi connectivity index (χ2n) is 19.1. The molecule has 0 aliphatic heterocycles. The lowest BCUT2D eigenvalue weighted by atomic mass is 9.79. The predicted octanol–water partition coefficient (Wildman–Crippen LogP) is 16.3. The fraction of sp³-hybridized carbons (Fsp3) is 0.607. The van der Waals surface area contributed by atoms with Gasteiger partial charge in [-0.05, 0) is 94.1 Å². The molecule has 1 atom stereocenters. The number of unbranched alkanes of at least 4 members (excludes halogenated alkanes) is 1. The van der Waals surface area contributed by atoms with Crippen molar-refractivity contribution in [2.75, 3.05) is 6.61 Å². The summed E-state index contributed by atoms with van der Waals surface area (Å²) in [5, 5.41) is 0.474. The number of hydrogen-bond donors (Lipinski definition) is 0. The molecular formula is C56H95ClO8. The van der Waals surface area contributed by atoms with E-state index in [-0.39, 0.29) is 66.3 Å². The molecule has 3 aromatic rings. The number of carbonyl (C=O) groups is 4. The zero-order valence-electron chi connectivity index (χ0n) is 40.5. The summed E-state index contributed by atoms with van der Waals surface area (Å²) in [6.45, 7) is 32.7. The highest BCUT2D eigenvalue weighted by atomic mass is 35.5. The lowest BCUT2D eigenvalue weighted by molar-refractivity contribution is -0.161. The first-order valence-electron chi connectivity index (χ1n) is 21.8. The first-order chi connectivity index (χ1) is 28.1. The van der Waals surface area contributed by atoms with Crippen molar-refractivity contribution in [3.63, 3.8) is 0 Å². The third-order valence-electron chi connectivity index (χ3n) is 8.39. The summed E-state index contributed by atoms with van der Waals surface area (Å²) in [5.74, 6) is -1.16. The Morgan fingerprint density at radius 2 is 0.938 bits per heavy atom. The molecule has 8 nitrogen and oxygen atoms in total. The van der Waals surface area contributed by atoms with Gasteiger partial charge in [0.25, 0.3) is 0 Å². The van der Waals surface area contributed by atoms with Crippen LogP contribution < -0.4 is 0 Å². The number of aryl methyl sites for hydroxylation is 1. The van der Waals surface area contributed by atoms with Gasteiger partial charge in [-0.1, -0.05) is 167 Å². The molecule has 0 bridgehead atoms. The van der Waals surface area contributed by atoms with Gasteiger partial charge in [-0.25, -0.2) is 0 Å². The van der Waals surface area contributed by atoms with Crippen molar-refractivity contribution in [1.82, 2.24) is 0 Å². The van der Waals surface area contributed by atoms with E-state index in [1.165, 1.54) is 19.3 Å². The van der Waals surface area contributed by atoms with Gasteiger partial charge >= 0.3 is 17.9 Å². The third-order valence-corrected chi connectivity index (χ3v) is 8.72. The fourth-order valence-corrected chi connectivity index (χ4v) is 5.90. The molecule has 3 aromatic carbocycles. The number of esters is 3. The average molecular weight is 932 g/mol. The Bertz CT molecular complexity index is 1720. The summed E-state index contributed by atoms with van der Waals surface area (Å²) >= 11 is 6.66. The van der Waals surface area contributed by atoms with Gasteiger partial charge in [0.05, 0.1) is 24.9 Å². The van der Waals surface area contributed by atoms with Crippen molar-refractivity contribution in [3.05, 3.63) is 106 Å². The van der Waals surface area contributed by atoms with Crippen LogP contribution in [0.4, 0.5) is 0 Å². The fourth-order valence-electron chi connectivity index (χ4n) is 5.63. The molecule has 0 saturated heterocycles. The Labute approximate surface area is 404 Å². The normalized spacial score (nSPS) is 11.6. The number of rotatable bonds is 14. The van der Waals surface area contributed by atoms with Crippen LogP contribution >= 0.6 is 11.6 Å². The number of halogens is 1. The zero-order valence-corrected chi connectivity index (χ0v) is 41.3. The number of benzene rings is 3. The number of ether oxygens (including phenoxy) is 4. The van der Waals surface area contributed by atoms with Crippen molar-refractivity contribution >= 4 is 35.3 Å². The SMILES string of the molecule is C.C.C.C.CCC(=O)CCC(=O)OC(C)(C)C.CCCCC(C)(C)C.CCOC(C)(C)C.Cc1ccc(C(OC(=O)CCC(=O)OC(C)(C)C)(c2ccccc2)c2ccccc2Cl)cc1. The molecule has 1 unspecified atom stereocenters. The van der Waals surface area contributed by atoms with Crippen molar-refractivity contribution in [1.29, 1.82) is 0 Å². The van der Waals surface area contributed by atoms with Gasteiger partial charge in [-0.2, -0.15) is 0 Å². The molecule has 0 radical (unpaired) electrons. The van der Waals surface area contributed by atoms with Crippen LogP contribution in [0.25, 0.3) is 0 Å². The molecule has 0 fully saturated rings. The standard InChI is InChI=1S/C28H29ClO4.C10H18O3.C8H18.C6H14O.4CH4/c1-20-14-16-22(17-15-20)28(21-10-6-5-7-11-21,23-12-8-9-13-24(23)29)33-26(31)19-18-25(30)32-27(2,3)4;1-5-8(11)6-7-9(12)13-10(2,3)4;1-5-6-7-8(2,3)4;1-5-7-6(2,3)4;;;;/h5-17H,18-19H2,1-4H3;5-7H2,1-4H3;5-7H2,1-4H3;5H2,1-4H3;4*1H4. The van der Waals surface area contributed by atoms with Gasteiger partial charge in [0.2, 0.25) is 0 Å². The molecule has 0 heterocycles. The van der Waals surface area contributed by atoms with Crippen LogP contribution in [0.15, 0.2) is 78.9 Å². The van der Waals surface area contributed by atoms with E-state index < -0.39 is 28.7 Å². The third kappa shape index (κ3) is 32.3. The van der Waals surface area contributed by atoms with Crippen LogP contribution in [0.5, 0.6) is 0 Å². The van der Waals surface area contributed by atoms with Crippen molar-refractivity contribution in [3.8, 4) is 0 Å². The van der Waals surface area contributed by atoms with E-state index in [9.17, 15) is 19.2 Å². The van der Waals surface area contributed by atoms with Gasteiger partial charge in [-0.15, -0.1) is 0 Å². The van der Waals surface area contributed by atoms with Gasteiger partial charge in [0, 0.05) is 41.2 Å². The van der Waals surface area contributed by atoms with Gasteiger partial charge < -0.3 is 18.9 Å². The van der Waals surface area contributed by atoms with Crippen molar-refractivity contribution in [2.45, 2.75) is 214 Å². The Morgan fingerprint density at radius 1 is 0.523 bits per heavy atom. The quantitative estimate of drug-likeness (QED) is 0.0894. The molecule has 9 heteroatoms. The van der Waals surface area contributed by atoms with E-state index >= 15 is 0 Å². The molecule has 3 rings (SSSR count). The Kier molecular flexibility index (Phi) is 36.0. The number of hydrogen-bond acceptors (Lipinski definition) is 8. The van der Waals surface area contributed by atoms with Crippen LogP contribution in [-0.4, -0.2) is 47.1 Å². The van der Waals surface area contributed by atoms with Crippen LogP contribution in [0, 0.1) is 12.3 Å². The largest absolute Gasteiger partial charge is 0.460 e. The summed E-state index contributed by atoms with van der Waals surface area (Å²) in [4.78, 5) is 47.3. The van der Waals surface area contributed by atoms with Crippen LogP contribution in [0.2, 0.25) is 5.02 Å². The monoisotopic (exact) mass is 931 g/mol. The van der Waals surface area contributed by atoms with Crippen LogP contribution in [-0.2, 0) is 43.7 Å².